The van der Waals surface area contributed by atoms with Crippen LogP contribution in [0.4, 0.5) is 0 Å². The van der Waals surface area contributed by atoms with Gasteiger partial charge in [0, 0.05) is 36.2 Å². The molecule has 0 aliphatic heterocycles. The van der Waals surface area contributed by atoms with E-state index >= 15 is 0 Å². The van der Waals surface area contributed by atoms with Crippen molar-refractivity contribution in [1.29, 1.82) is 0 Å². The zero-order valence-electron chi connectivity index (χ0n) is 10.9. The molecule has 1 unspecified atom stereocenters. The number of nitrogens with zero attached hydrogens (tertiary/aromatic N) is 4. The average Bonchev–Trinajstić information content (AvgIpc) is 2.28. The summed E-state index contributed by atoms with van der Waals surface area (Å²) >= 11 is 0. The van der Waals surface area contributed by atoms with Crippen LogP contribution in [-0.2, 0) is 6.42 Å². The minimum atomic E-state index is 0.0751. The molecule has 0 fully saturated rings. The molecule has 0 spiro atoms. The fourth-order valence-corrected chi connectivity index (χ4v) is 1.68. The van der Waals surface area contributed by atoms with Crippen molar-refractivity contribution < 1.29 is 0 Å². The van der Waals surface area contributed by atoms with Crippen molar-refractivity contribution >= 4 is 0 Å². The second-order valence-electron chi connectivity index (χ2n) is 4.59. The third-order valence-corrected chi connectivity index (χ3v) is 2.42. The van der Waals surface area contributed by atoms with Gasteiger partial charge in [0.15, 0.2) is 11.6 Å². The van der Waals surface area contributed by atoms with E-state index < -0.39 is 0 Å². The molecular weight excluding hydrogens is 226 g/mol. The lowest BCUT2D eigenvalue weighted by Gasteiger charge is -2.07. The molecule has 0 bridgehead atoms. The molecule has 0 saturated carbocycles. The molecule has 94 valence electrons. The first-order valence-electron chi connectivity index (χ1n) is 5.94. The standard InChI is InChI=1S/C13H17N5/c1-8-6-15-12(16-7-8)13-17-10(3)5-11(18-13)4-9(2)14/h5-7,9H,4,14H2,1-3H3. The summed E-state index contributed by atoms with van der Waals surface area (Å²) in [6.07, 6.45) is 4.25. The number of hydrogen-bond donors (Lipinski definition) is 1. The number of aryl methyl sites for hydroxylation is 2. The fourth-order valence-electron chi connectivity index (χ4n) is 1.68. The highest BCUT2D eigenvalue weighted by Gasteiger charge is 2.08. The number of aromatic nitrogens is 4. The van der Waals surface area contributed by atoms with E-state index in [1.807, 2.05) is 26.8 Å². The topological polar surface area (TPSA) is 77.6 Å². The largest absolute Gasteiger partial charge is 0.328 e. The van der Waals surface area contributed by atoms with E-state index in [0.717, 1.165) is 23.4 Å². The van der Waals surface area contributed by atoms with Gasteiger partial charge < -0.3 is 5.73 Å². The third-order valence-electron chi connectivity index (χ3n) is 2.42. The monoisotopic (exact) mass is 243 g/mol. The summed E-state index contributed by atoms with van der Waals surface area (Å²) in [5.74, 6) is 1.11. The van der Waals surface area contributed by atoms with Crippen LogP contribution in [0.3, 0.4) is 0 Å². The summed E-state index contributed by atoms with van der Waals surface area (Å²) in [5.41, 5.74) is 8.64. The molecular formula is C13H17N5. The van der Waals surface area contributed by atoms with Crippen LogP contribution in [0.25, 0.3) is 11.6 Å². The molecule has 0 amide bonds. The summed E-state index contributed by atoms with van der Waals surface area (Å²) in [5, 5.41) is 0. The summed E-state index contributed by atoms with van der Waals surface area (Å²) in [6, 6.07) is 2.02. The van der Waals surface area contributed by atoms with Crippen LogP contribution in [0, 0.1) is 13.8 Å². The predicted molar refractivity (Wildman–Crippen MR) is 69.9 cm³/mol. The Morgan fingerprint density at radius 1 is 1.11 bits per heavy atom. The van der Waals surface area contributed by atoms with Crippen molar-refractivity contribution in [2.24, 2.45) is 5.73 Å². The Morgan fingerprint density at radius 3 is 2.39 bits per heavy atom. The first-order valence-corrected chi connectivity index (χ1v) is 5.94. The molecule has 0 radical (unpaired) electrons. The quantitative estimate of drug-likeness (QED) is 0.882. The van der Waals surface area contributed by atoms with Gasteiger partial charge in [0.25, 0.3) is 0 Å². The molecule has 5 heteroatoms. The Hall–Kier alpha value is -1.88. The van der Waals surface area contributed by atoms with Gasteiger partial charge in [-0.25, -0.2) is 19.9 Å². The summed E-state index contributed by atoms with van der Waals surface area (Å²) in [4.78, 5) is 17.3. The Kier molecular flexibility index (Phi) is 3.62. The smallest absolute Gasteiger partial charge is 0.198 e. The Bertz CT molecular complexity index is 534. The maximum atomic E-state index is 5.79. The molecule has 0 aromatic carbocycles. The molecule has 18 heavy (non-hydrogen) atoms. The van der Waals surface area contributed by atoms with Gasteiger partial charge in [-0.15, -0.1) is 0 Å². The van der Waals surface area contributed by atoms with Gasteiger partial charge in [-0.1, -0.05) is 0 Å². The van der Waals surface area contributed by atoms with Crippen LogP contribution in [0.15, 0.2) is 18.5 Å². The summed E-state index contributed by atoms with van der Waals surface area (Å²) < 4.78 is 0. The molecule has 2 rings (SSSR count). The molecule has 0 aliphatic carbocycles. The van der Waals surface area contributed by atoms with Crippen molar-refractivity contribution in [3.05, 3.63) is 35.4 Å². The molecule has 2 aromatic rings. The Labute approximate surface area is 107 Å². The lowest BCUT2D eigenvalue weighted by Crippen LogP contribution is -2.19. The van der Waals surface area contributed by atoms with Gasteiger partial charge in [0.1, 0.15) is 0 Å². The SMILES string of the molecule is Cc1cnc(-c2nc(C)cc(CC(C)N)n2)nc1. The van der Waals surface area contributed by atoms with Crippen LogP contribution in [0.1, 0.15) is 23.9 Å². The van der Waals surface area contributed by atoms with Crippen LogP contribution in [0.5, 0.6) is 0 Å². The van der Waals surface area contributed by atoms with Crippen LogP contribution in [0.2, 0.25) is 0 Å². The first-order chi connectivity index (χ1) is 8.54. The van der Waals surface area contributed by atoms with Gasteiger partial charge in [-0.05, 0) is 32.4 Å². The Balaban J connectivity index is 2.38. The van der Waals surface area contributed by atoms with E-state index in [1.54, 1.807) is 12.4 Å². The minimum absolute atomic E-state index is 0.0751. The zero-order valence-corrected chi connectivity index (χ0v) is 10.9. The zero-order chi connectivity index (χ0) is 13.1. The van der Waals surface area contributed by atoms with Gasteiger partial charge in [0.2, 0.25) is 0 Å². The number of nitrogens with two attached hydrogens (primary N) is 1. The van der Waals surface area contributed by atoms with Gasteiger partial charge in [-0.2, -0.15) is 0 Å². The molecule has 2 aromatic heterocycles. The molecule has 2 N–H and O–H groups in total. The van der Waals surface area contributed by atoms with E-state index in [-0.39, 0.29) is 6.04 Å². The van der Waals surface area contributed by atoms with Crippen molar-refractivity contribution in [2.75, 3.05) is 0 Å². The first kappa shape index (κ1) is 12.6. The number of rotatable bonds is 3. The second-order valence-corrected chi connectivity index (χ2v) is 4.59. The van der Waals surface area contributed by atoms with Crippen LogP contribution in [-0.4, -0.2) is 26.0 Å². The van der Waals surface area contributed by atoms with E-state index in [4.69, 9.17) is 5.73 Å². The maximum Gasteiger partial charge on any atom is 0.198 e. The van der Waals surface area contributed by atoms with E-state index in [9.17, 15) is 0 Å². The Morgan fingerprint density at radius 2 is 1.78 bits per heavy atom. The third kappa shape index (κ3) is 3.07. The van der Waals surface area contributed by atoms with Gasteiger partial charge in [-0.3, -0.25) is 0 Å². The van der Waals surface area contributed by atoms with Gasteiger partial charge in [0.05, 0.1) is 0 Å². The van der Waals surface area contributed by atoms with E-state index in [1.165, 1.54) is 0 Å². The van der Waals surface area contributed by atoms with Crippen molar-refractivity contribution in [3.8, 4) is 11.6 Å². The van der Waals surface area contributed by atoms with Crippen LogP contribution < -0.4 is 5.73 Å². The highest BCUT2D eigenvalue weighted by molar-refractivity contribution is 5.43. The molecule has 0 saturated heterocycles. The number of hydrogen-bond acceptors (Lipinski definition) is 5. The lowest BCUT2D eigenvalue weighted by molar-refractivity contribution is 0.718. The minimum Gasteiger partial charge on any atom is -0.328 e. The molecule has 2 heterocycles. The molecule has 0 aliphatic rings. The lowest BCUT2D eigenvalue weighted by atomic mass is 10.2. The van der Waals surface area contributed by atoms with E-state index in [2.05, 4.69) is 19.9 Å². The van der Waals surface area contributed by atoms with Gasteiger partial charge >= 0.3 is 0 Å². The predicted octanol–water partition coefficient (Wildman–Crippen LogP) is 1.44. The van der Waals surface area contributed by atoms with E-state index in [0.29, 0.717) is 11.6 Å². The summed E-state index contributed by atoms with van der Waals surface area (Å²) in [7, 11) is 0. The highest BCUT2D eigenvalue weighted by atomic mass is 15.0. The van der Waals surface area contributed by atoms with Crippen LogP contribution >= 0.6 is 0 Å². The average molecular weight is 243 g/mol. The van der Waals surface area contributed by atoms with Crippen molar-refractivity contribution in [1.82, 2.24) is 19.9 Å². The molecule has 5 nitrogen and oxygen atoms in total. The normalized spacial score (nSPS) is 12.4. The second kappa shape index (κ2) is 5.18. The molecule has 1 atom stereocenters. The maximum absolute atomic E-state index is 5.79. The summed E-state index contributed by atoms with van der Waals surface area (Å²) in [6.45, 7) is 5.84. The fraction of sp³-hybridized carbons (Fsp3) is 0.385. The van der Waals surface area contributed by atoms with Crippen molar-refractivity contribution in [2.45, 2.75) is 33.2 Å². The highest BCUT2D eigenvalue weighted by Crippen LogP contribution is 2.12. The van der Waals surface area contributed by atoms with Crippen molar-refractivity contribution in [3.63, 3.8) is 0 Å².